The Morgan fingerprint density at radius 1 is 1.43 bits per heavy atom. The predicted molar refractivity (Wildman–Crippen MR) is 53.1 cm³/mol. The predicted octanol–water partition coefficient (Wildman–Crippen LogP) is 0.211. The van der Waals surface area contributed by atoms with Gasteiger partial charge in [0.15, 0.2) is 5.65 Å². The summed E-state index contributed by atoms with van der Waals surface area (Å²) in [5.74, 6) is 0.831. The lowest BCUT2D eigenvalue weighted by Gasteiger charge is -1.99. The first-order valence-corrected chi connectivity index (χ1v) is 4.09. The van der Waals surface area contributed by atoms with Gasteiger partial charge in [-0.25, -0.2) is 4.98 Å². The Morgan fingerprint density at radius 2 is 2.14 bits per heavy atom. The van der Waals surface area contributed by atoms with E-state index in [1.54, 1.807) is 6.07 Å². The largest absolute Gasteiger partial charge is 0.478 e. The van der Waals surface area contributed by atoms with E-state index in [4.69, 9.17) is 16.2 Å². The van der Waals surface area contributed by atoms with E-state index in [-0.39, 0.29) is 0 Å². The zero-order valence-corrected chi connectivity index (χ0v) is 7.98. The van der Waals surface area contributed by atoms with Gasteiger partial charge in [0, 0.05) is 11.8 Å². The summed E-state index contributed by atoms with van der Waals surface area (Å²) in [5, 5.41) is 4.05. The fraction of sp³-hybridized carbons (Fsp3) is 0.250. The van der Waals surface area contributed by atoms with E-state index in [0.29, 0.717) is 23.0 Å². The second-order valence-electron chi connectivity index (χ2n) is 2.98. The third kappa shape index (κ3) is 1.04. The molecule has 0 radical (unpaired) electrons. The van der Waals surface area contributed by atoms with Crippen LogP contribution in [0.15, 0.2) is 6.07 Å². The first-order chi connectivity index (χ1) is 6.63. The highest BCUT2D eigenvalue weighted by atomic mass is 16.5. The van der Waals surface area contributed by atoms with E-state index in [9.17, 15) is 0 Å². The lowest BCUT2D eigenvalue weighted by Crippen LogP contribution is -2.01. The second kappa shape index (κ2) is 2.76. The summed E-state index contributed by atoms with van der Waals surface area (Å²) in [4.78, 5) is 4.22. The number of fused-ring (bicyclic) bond motifs is 1. The van der Waals surface area contributed by atoms with Crippen LogP contribution in [-0.4, -0.2) is 21.7 Å². The van der Waals surface area contributed by atoms with Gasteiger partial charge >= 0.3 is 0 Å². The number of methoxy groups -OCH3 is 1. The van der Waals surface area contributed by atoms with Crippen molar-refractivity contribution >= 4 is 17.2 Å². The molecule has 0 unspecified atom stereocenters. The number of nitrogens with zero attached hydrogens (tertiary/aromatic N) is 3. The zero-order chi connectivity index (χ0) is 10.3. The fourth-order valence-electron chi connectivity index (χ4n) is 1.31. The molecule has 0 saturated heterocycles. The molecule has 0 aliphatic carbocycles. The molecule has 2 aromatic rings. The van der Waals surface area contributed by atoms with Crippen LogP contribution in [0, 0.1) is 6.92 Å². The van der Waals surface area contributed by atoms with Crippen LogP contribution in [0.5, 0.6) is 5.88 Å². The molecule has 14 heavy (non-hydrogen) atoms. The molecular weight excluding hydrogens is 182 g/mol. The van der Waals surface area contributed by atoms with Crippen LogP contribution >= 0.6 is 0 Å². The molecule has 0 fully saturated rings. The van der Waals surface area contributed by atoms with Crippen LogP contribution in [-0.2, 0) is 0 Å². The van der Waals surface area contributed by atoms with Crippen molar-refractivity contribution in [2.45, 2.75) is 6.92 Å². The number of nitrogens with two attached hydrogens (primary N) is 2. The van der Waals surface area contributed by atoms with Crippen LogP contribution in [0.4, 0.5) is 11.5 Å². The first kappa shape index (κ1) is 8.61. The van der Waals surface area contributed by atoms with Crippen LogP contribution in [0.2, 0.25) is 0 Å². The number of hydrogen-bond donors (Lipinski definition) is 2. The summed E-state index contributed by atoms with van der Waals surface area (Å²) in [7, 11) is 1.50. The summed E-state index contributed by atoms with van der Waals surface area (Å²) in [6.45, 7) is 1.84. The summed E-state index contributed by atoms with van der Waals surface area (Å²) in [6.07, 6.45) is 0. The molecule has 0 aromatic carbocycles. The van der Waals surface area contributed by atoms with Gasteiger partial charge in [-0.3, -0.25) is 0 Å². The van der Waals surface area contributed by atoms with Crippen LogP contribution in [0.25, 0.3) is 5.65 Å². The Balaban J connectivity index is 2.85. The number of aromatic nitrogens is 3. The Kier molecular flexibility index (Phi) is 1.70. The molecule has 0 aliphatic heterocycles. The van der Waals surface area contributed by atoms with Crippen LogP contribution < -0.4 is 16.2 Å². The Bertz CT molecular complexity index is 490. The third-order valence-corrected chi connectivity index (χ3v) is 1.94. The summed E-state index contributed by atoms with van der Waals surface area (Å²) in [5.41, 5.74) is 13.2. The standard InChI is InChI=1S/C8H11N5O/c1-4-3-5(9)13-7(11-4)6(10)8(12-13)14-2/h3H,9-10H2,1-2H3. The number of nitrogen functional groups attached to an aromatic ring is 2. The van der Waals surface area contributed by atoms with Gasteiger partial charge in [-0.1, -0.05) is 0 Å². The number of hydrogen-bond acceptors (Lipinski definition) is 5. The van der Waals surface area contributed by atoms with Gasteiger partial charge in [0.05, 0.1) is 7.11 Å². The molecule has 0 amide bonds. The van der Waals surface area contributed by atoms with Gasteiger partial charge < -0.3 is 16.2 Å². The first-order valence-electron chi connectivity index (χ1n) is 4.09. The van der Waals surface area contributed by atoms with Gasteiger partial charge in [-0.2, -0.15) is 4.52 Å². The molecule has 6 nitrogen and oxygen atoms in total. The second-order valence-corrected chi connectivity index (χ2v) is 2.98. The zero-order valence-electron chi connectivity index (χ0n) is 7.98. The van der Waals surface area contributed by atoms with E-state index in [1.165, 1.54) is 11.6 Å². The molecule has 0 atom stereocenters. The van der Waals surface area contributed by atoms with Gasteiger partial charge in [0.2, 0.25) is 0 Å². The van der Waals surface area contributed by atoms with E-state index in [1.807, 2.05) is 6.92 Å². The van der Waals surface area contributed by atoms with Crippen molar-refractivity contribution in [3.63, 3.8) is 0 Å². The normalized spacial score (nSPS) is 10.7. The highest BCUT2D eigenvalue weighted by molar-refractivity contribution is 5.72. The average Bonchev–Trinajstić information content (AvgIpc) is 2.44. The van der Waals surface area contributed by atoms with E-state index < -0.39 is 0 Å². The molecule has 4 N–H and O–H groups in total. The van der Waals surface area contributed by atoms with Gasteiger partial charge in [0.1, 0.15) is 11.5 Å². The smallest absolute Gasteiger partial charge is 0.258 e. The van der Waals surface area contributed by atoms with Crippen LogP contribution in [0.3, 0.4) is 0 Å². The van der Waals surface area contributed by atoms with Crippen LogP contribution in [0.1, 0.15) is 5.69 Å². The quantitative estimate of drug-likeness (QED) is 0.675. The molecule has 0 spiro atoms. The number of ether oxygens (including phenoxy) is 1. The topological polar surface area (TPSA) is 91.5 Å². The highest BCUT2D eigenvalue weighted by Gasteiger charge is 2.13. The Labute approximate surface area is 80.5 Å². The molecule has 2 aromatic heterocycles. The molecule has 2 rings (SSSR count). The molecule has 0 saturated carbocycles. The van der Waals surface area contributed by atoms with Gasteiger partial charge in [0.25, 0.3) is 5.88 Å². The maximum Gasteiger partial charge on any atom is 0.258 e. The molecule has 6 heteroatoms. The van der Waals surface area contributed by atoms with Crippen molar-refractivity contribution in [1.29, 1.82) is 0 Å². The summed E-state index contributed by atoms with van der Waals surface area (Å²) >= 11 is 0. The molecule has 0 bridgehead atoms. The highest BCUT2D eigenvalue weighted by Crippen LogP contribution is 2.25. The maximum absolute atomic E-state index is 5.76. The average molecular weight is 193 g/mol. The minimum Gasteiger partial charge on any atom is -0.478 e. The molecule has 2 heterocycles. The SMILES string of the molecule is COc1nn2c(N)cc(C)nc2c1N. The van der Waals surface area contributed by atoms with Crippen molar-refractivity contribution in [3.8, 4) is 5.88 Å². The molecule has 74 valence electrons. The fourth-order valence-corrected chi connectivity index (χ4v) is 1.31. The van der Waals surface area contributed by atoms with Gasteiger partial charge in [-0.15, -0.1) is 5.10 Å². The van der Waals surface area contributed by atoms with Crippen molar-refractivity contribution in [2.24, 2.45) is 0 Å². The van der Waals surface area contributed by atoms with E-state index >= 15 is 0 Å². The minimum atomic E-state index is 0.342. The van der Waals surface area contributed by atoms with Crippen molar-refractivity contribution in [2.75, 3.05) is 18.6 Å². The number of rotatable bonds is 1. The summed E-state index contributed by atoms with van der Waals surface area (Å²) in [6, 6.07) is 1.72. The van der Waals surface area contributed by atoms with E-state index in [2.05, 4.69) is 10.1 Å². The minimum absolute atomic E-state index is 0.342. The Morgan fingerprint density at radius 3 is 2.79 bits per heavy atom. The maximum atomic E-state index is 5.76. The number of anilines is 2. The molecule has 0 aliphatic rings. The lowest BCUT2D eigenvalue weighted by molar-refractivity contribution is 0.397. The number of aryl methyl sites for hydroxylation is 1. The third-order valence-electron chi connectivity index (χ3n) is 1.94. The van der Waals surface area contributed by atoms with E-state index in [0.717, 1.165) is 5.69 Å². The van der Waals surface area contributed by atoms with Crippen molar-refractivity contribution < 1.29 is 4.74 Å². The monoisotopic (exact) mass is 193 g/mol. The van der Waals surface area contributed by atoms with Gasteiger partial charge in [-0.05, 0) is 6.92 Å². The Hall–Kier alpha value is -1.98. The lowest BCUT2D eigenvalue weighted by atomic mass is 10.4. The molecular formula is C8H11N5O. The van der Waals surface area contributed by atoms with Crippen molar-refractivity contribution in [1.82, 2.24) is 14.6 Å². The van der Waals surface area contributed by atoms with Crippen molar-refractivity contribution in [3.05, 3.63) is 11.8 Å². The summed E-state index contributed by atoms with van der Waals surface area (Å²) < 4.78 is 6.43.